The smallest absolute Gasteiger partial charge is 0.234 e. The summed E-state index contributed by atoms with van der Waals surface area (Å²) in [7, 11) is 1.82. The minimum Gasteiger partial charge on any atom is -0.368 e. The number of amides is 1. The van der Waals surface area contributed by atoms with E-state index >= 15 is 0 Å². The molecule has 1 aliphatic carbocycles. The predicted octanol–water partition coefficient (Wildman–Crippen LogP) is 3.93. The van der Waals surface area contributed by atoms with E-state index in [0.717, 1.165) is 56.2 Å². The highest BCUT2D eigenvalue weighted by atomic mass is 32.1. The number of carbonyl (C=O) groups is 3. The van der Waals surface area contributed by atoms with E-state index < -0.39 is 23.4 Å². The first-order valence-electron chi connectivity index (χ1n) is 12.3. The Hall–Kier alpha value is -2.49. The summed E-state index contributed by atoms with van der Waals surface area (Å²) in [5.74, 6) is -1.05. The highest BCUT2D eigenvalue weighted by Crippen LogP contribution is 2.46. The summed E-state index contributed by atoms with van der Waals surface area (Å²) in [6.45, 7) is 2.44. The van der Waals surface area contributed by atoms with Crippen molar-refractivity contribution in [2.45, 2.75) is 69.6 Å². The van der Waals surface area contributed by atoms with Gasteiger partial charge in [-0.3, -0.25) is 24.2 Å². The van der Waals surface area contributed by atoms with Crippen molar-refractivity contribution in [2.75, 3.05) is 13.6 Å². The van der Waals surface area contributed by atoms with Crippen molar-refractivity contribution in [1.29, 1.82) is 0 Å². The fourth-order valence-electron chi connectivity index (χ4n) is 5.75. The molecule has 2 fully saturated rings. The molecule has 4 rings (SSSR count). The molecule has 9 heteroatoms. The molecule has 0 radical (unpaired) electrons. The molecule has 2 heterocycles. The van der Waals surface area contributed by atoms with Crippen molar-refractivity contribution in [1.82, 2.24) is 14.8 Å². The van der Waals surface area contributed by atoms with Crippen LogP contribution < -0.4 is 5.73 Å². The summed E-state index contributed by atoms with van der Waals surface area (Å²) in [6, 6.07) is 4.67. The molecule has 1 aliphatic heterocycles. The Morgan fingerprint density at radius 1 is 1.20 bits per heavy atom. The number of likely N-dealkylation sites (N-methyl/N-ethyl adjacent to an activating group) is 1. The molecule has 0 spiro atoms. The quantitative estimate of drug-likeness (QED) is 0.414. The summed E-state index contributed by atoms with van der Waals surface area (Å²) in [4.78, 5) is 46.9. The molecule has 3 atom stereocenters. The summed E-state index contributed by atoms with van der Waals surface area (Å²) < 4.78 is 13.3. The molecule has 2 aromatic rings. The van der Waals surface area contributed by atoms with Crippen molar-refractivity contribution in [3.63, 3.8) is 0 Å². The number of nitrogens with two attached hydrogens (primary N) is 1. The highest BCUT2D eigenvalue weighted by molar-refractivity contribution is 7.10. The zero-order valence-electron chi connectivity index (χ0n) is 20.3. The van der Waals surface area contributed by atoms with Crippen LogP contribution in [0.3, 0.4) is 0 Å². The summed E-state index contributed by atoms with van der Waals surface area (Å²) in [5, 5.41) is 2.51. The lowest BCUT2D eigenvalue weighted by Crippen LogP contribution is -2.68. The Balaban J connectivity index is 1.68. The van der Waals surface area contributed by atoms with Gasteiger partial charge in [0.15, 0.2) is 6.29 Å². The van der Waals surface area contributed by atoms with Gasteiger partial charge in [0.05, 0.1) is 12.1 Å². The van der Waals surface area contributed by atoms with Crippen LogP contribution in [0.2, 0.25) is 0 Å². The molecule has 1 aromatic heterocycles. The van der Waals surface area contributed by atoms with Gasteiger partial charge < -0.3 is 5.73 Å². The second-order valence-corrected chi connectivity index (χ2v) is 10.6. The largest absolute Gasteiger partial charge is 0.368 e. The van der Waals surface area contributed by atoms with Gasteiger partial charge >= 0.3 is 0 Å². The molecule has 1 aromatic carbocycles. The summed E-state index contributed by atoms with van der Waals surface area (Å²) in [6.07, 6.45) is 7.75. The molecule has 3 unspecified atom stereocenters. The highest BCUT2D eigenvalue weighted by Gasteiger charge is 2.53. The van der Waals surface area contributed by atoms with Crippen LogP contribution >= 0.6 is 11.3 Å². The van der Waals surface area contributed by atoms with Crippen molar-refractivity contribution in [2.24, 2.45) is 11.7 Å². The molecule has 2 N–H and O–H groups in total. The Morgan fingerprint density at radius 2 is 1.89 bits per heavy atom. The monoisotopic (exact) mass is 500 g/mol. The van der Waals surface area contributed by atoms with Crippen molar-refractivity contribution in [3.05, 3.63) is 51.7 Å². The molecular weight excluding hydrogens is 467 g/mol. The fourth-order valence-corrected chi connectivity index (χ4v) is 6.69. The number of hydrogen-bond donors (Lipinski definition) is 1. The lowest BCUT2D eigenvalue weighted by molar-refractivity contribution is -0.155. The molecule has 2 aliphatic rings. The maximum Gasteiger partial charge on any atom is 0.234 e. The van der Waals surface area contributed by atoms with Gasteiger partial charge in [-0.05, 0) is 69.8 Å². The van der Waals surface area contributed by atoms with Gasteiger partial charge in [-0.1, -0.05) is 19.3 Å². The summed E-state index contributed by atoms with van der Waals surface area (Å²) >= 11 is 1.40. The third kappa shape index (κ3) is 4.81. The number of benzene rings is 1. The number of primary amides is 1. The molecule has 1 amide bonds. The molecule has 188 valence electrons. The molecule has 7 nitrogen and oxygen atoms in total. The van der Waals surface area contributed by atoms with E-state index in [-0.39, 0.29) is 17.7 Å². The average Bonchev–Trinajstić information content (AvgIpc) is 3.55. The van der Waals surface area contributed by atoms with Gasteiger partial charge in [0.2, 0.25) is 11.7 Å². The number of hydrogen-bond acceptors (Lipinski definition) is 7. The van der Waals surface area contributed by atoms with Crippen LogP contribution in [0.5, 0.6) is 0 Å². The molecular formula is C26H33FN4O3S. The maximum atomic E-state index is 13.3. The lowest BCUT2D eigenvalue weighted by atomic mass is 9.77. The first kappa shape index (κ1) is 25.6. The van der Waals surface area contributed by atoms with Crippen LogP contribution in [-0.2, 0) is 9.59 Å². The number of thiazole rings is 1. The van der Waals surface area contributed by atoms with E-state index in [9.17, 15) is 18.8 Å². The zero-order valence-corrected chi connectivity index (χ0v) is 21.1. The van der Waals surface area contributed by atoms with Gasteiger partial charge in [-0.25, -0.2) is 9.37 Å². The normalized spacial score (nSPS) is 22.1. The SMILES string of the molecule is CC(C(N)=O)N(C)C(C=O)(C1CCCCC1)N1CCCC1c1nc(C(=O)c2ccc(F)cc2)cs1. The molecule has 0 bridgehead atoms. The van der Waals surface area contributed by atoms with Crippen LogP contribution in [0.4, 0.5) is 4.39 Å². The van der Waals surface area contributed by atoms with Crippen molar-refractivity contribution >= 4 is 29.3 Å². The fraction of sp³-hybridized carbons (Fsp3) is 0.538. The number of aldehydes is 1. The molecule has 1 saturated heterocycles. The van der Waals surface area contributed by atoms with Gasteiger partial charge in [0.25, 0.3) is 0 Å². The number of likely N-dealkylation sites (tertiary alicyclic amines) is 1. The van der Waals surface area contributed by atoms with Gasteiger partial charge in [0, 0.05) is 17.5 Å². The standard InChI is InChI=1S/C26H33FN4O3S/c1-17(24(28)34)30(2)26(16-32,19-7-4-3-5-8-19)31-14-6-9-22(31)25-29-21(15-35-25)23(33)18-10-12-20(27)13-11-18/h10-13,15-17,19,22H,3-9,14H2,1-2H3,(H2,28,34). The minimum atomic E-state index is -0.983. The van der Waals surface area contributed by atoms with Gasteiger partial charge in [0.1, 0.15) is 22.2 Å². The van der Waals surface area contributed by atoms with Gasteiger partial charge in [-0.2, -0.15) is 0 Å². The van der Waals surface area contributed by atoms with Crippen LogP contribution in [0.25, 0.3) is 0 Å². The number of ketones is 1. The van der Waals surface area contributed by atoms with E-state index in [4.69, 9.17) is 5.73 Å². The minimum absolute atomic E-state index is 0.0708. The third-order valence-corrected chi connectivity index (χ3v) is 8.74. The van der Waals surface area contributed by atoms with Crippen molar-refractivity contribution < 1.29 is 18.8 Å². The number of carbonyl (C=O) groups excluding carboxylic acids is 3. The number of rotatable bonds is 9. The van der Waals surface area contributed by atoms with Crippen molar-refractivity contribution in [3.8, 4) is 0 Å². The molecule has 35 heavy (non-hydrogen) atoms. The maximum absolute atomic E-state index is 13.3. The number of aromatic nitrogens is 1. The van der Waals surface area contributed by atoms with Crippen LogP contribution in [-0.4, -0.2) is 58.1 Å². The average molecular weight is 501 g/mol. The van der Waals surface area contributed by atoms with Crippen LogP contribution in [0, 0.1) is 11.7 Å². The second kappa shape index (κ2) is 10.6. The van der Waals surface area contributed by atoms with E-state index in [1.54, 1.807) is 12.3 Å². The Kier molecular flexibility index (Phi) is 7.78. The number of halogens is 1. The lowest BCUT2D eigenvalue weighted by Gasteiger charge is -2.53. The van der Waals surface area contributed by atoms with E-state index in [1.807, 2.05) is 11.9 Å². The Morgan fingerprint density at radius 3 is 2.51 bits per heavy atom. The summed E-state index contributed by atoms with van der Waals surface area (Å²) in [5.41, 5.74) is 5.39. The first-order valence-corrected chi connectivity index (χ1v) is 13.2. The van der Waals surface area contributed by atoms with E-state index in [1.165, 1.54) is 35.6 Å². The second-order valence-electron chi connectivity index (χ2n) is 9.68. The topological polar surface area (TPSA) is 96.6 Å². The first-order chi connectivity index (χ1) is 16.8. The third-order valence-electron chi connectivity index (χ3n) is 7.80. The van der Waals surface area contributed by atoms with Gasteiger partial charge in [-0.15, -0.1) is 11.3 Å². The van der Waals surface area contributed by atoms with E-state index in [2.05, 4.69) is 9.88 Å². The Labute approximate surface area is 209 Å². The Bertz CT molecular complexity index is 1070. The number of nitrogens with zero attached hydrogens (tertiary/aromatic N) is 3. The predicted molar refractivity (Wildman–Crippen MR) is 132 cm³/mol. The molecule has 1 saturated carbocycles. The zero-order chi connectivity index (χ0) is 25.2. The van der Waals surface area contributed by atoms with Crippen LogP contribution in [0.15, 0.2) is 29.6 Å². The van der Waals surface area contributed by atoms with E-state index in [0.29, 0.717) is 17.8 Å². The van der Waals surface area contributed by atoms with Crippen LogP contribution in [0.1, 0.15) is 79.0 Å².